The van der Waals surface area contributed by atoms with Crippen LogP contribution >= 0.6 is 11.6 Å². The zero-order valence-electron chi connectivity index (χ0n) is 16.6. The maximum Gasteiger partial charge on any atom is 0.338 e. The van der Waals surface area contributed by atoms with E-state index in [4.69, 9.17) is 16.3 Å². The number of amides is 2. The second-order valence-corrected chi connectivity index (χ2v) is 8.89. The van der Waals surface area contributed by atoms with E-state index in [9.17, 15) is 19.2 Å². The number of rotatable bonds is 5. The number of hydrogen-bond donors (Lipinski definition) is 0. The Bertz CT molecular complexity index is 1070. The molecular weight excluding hydrogens is 418 g/mol. The van der Waals surface area contributed by atoms with Crippen molar-refractivity contribution in [3.8, 4) is 0 Å². The van der Waals surface area contributed by atoms with Gasteiger partial charge >= 0.3 is 5.97 Å². The fourth-order valence-corrected chi connectivity index (χ4v) is 5.49. The highest BCUT2D eigenvalue weighted by Gasteiger charge is 2.61. The summed E-state index contributed by atoms with van der Waals surface area (Å²) in [6, 6.07) is 12.6. The lowest BCUT2D eigenvalue weighted by atomic mass is 9.81. The first kappa shape index (κ1) is 19.9. The summed E-state index contributed by atoms with van der Waals surface area (Å²) in [7, 11) is 0. The lowest BCUT2D eigenvalue weighted by Crippen LogP contribution is -2.32. The predicted octanol–water partition coefficient (Wildman–Crippen LogP) is 3.92. The Morgan fingerprint density at radius 2 is 1.58 bits per heavy atom. The Morgan fingerprint density at radius 1 is 0.935 bits per heavy atom. The summed E-state index contributed by atoms with van der Waals surface area (Å²) in [4.78, 5) is 51.9. The van der Waals surface area contributed by atoms with Crippen LogP contribution in [0, 0.1) is 23.7 Å². The van der Waals surface area contributed by atoms with Crippen LogP contribution in [-0.2, 0) is 14.3 Å². The summed E-state index contributed by atoms with van der Waals surface area (Å²) in [5.41, 5.74) is 0.949. The van der Waals surface area contributed by atoms with Gasteiger partial charge in [-0.2, -0.15) is 0 Å². The molecule has 0 unspecified atom stereocenters. The molecule has 0 spiro atoms. The maximum absolute atomic E-state index is 13.0. The summed E-state index contributed by atoms with van der Waals surface area (Å²) in [5, 5.41) is 0.508. The van der Waals surface area contributed by atoms with Crippen LogP contribution in [0.4, 0.5) is 5.69 Å². The summed E-state index contributed by atoms with van der Waals surface area (Å²) in [6.07, 6.45) is 2.98. The fourth-order valence-electron chi connectivity index (χ4n) is 5.37. The van der Waals surface area contributed by atoms with Crippen molar-refractivity contribution < 1.29 is 23.9 Å². The zero-order chi connectivity index (χ0) is 21.7. The number of nitrogens with zero attached hydrogens (tertiary/aromatic N) is 1. The minimum Gasteiger partial charge on any atom is -0.454 e. The van der Waals surface area contributed by atoms with Crippen LogP contribution in [0.1, 0.15) is 40.0 Å². The SMILES string of the molecule is O=C(COC(=O)c1cccc(N2C(=O)[C@H]3[C@@H]4CC[C@H](C4)[C@@H]3C2=O)c1)c1ccc(Cl)cc1. The monoisotopic (exact) mass is 437 g/mol. The summed E-state index contributed by atoms with van der Waals surface area (Å²) < 4.78 is 5.15. The summed E-state index contributed by atoms with van der Waals surface area (Å²) in [5.74, 6) is -1.22. The van der Waals surface area contributed by atoms with Crippen molar-refractivity contribution in [1.29, 1.82) is 0 Å². The minimum absolute atomic E-state index is 0.161. The van der Waals surface area contributed by atoms with Gasteiger partial charge in [0.1, 0.15) is 0 Å². The highest BCUT2D eigenvalue weighted by atomic mass is 35.5. The molecule has 2 aromatic rings. The first-order chi connectivity index (χ1) is 14.9. The number of fused-ring (bicyclic) bond motifs is 5. The second kappa shape index (κ2) is 7.61. The lowest BCUT2D eigenvalue weighted by molar-refractivity contribution is -0.123. The zero-order valence-corrected chi connectivity index (χ0v) is 17.4. The number of ether oxygens (including phenoxy) is 1. The molecule has 2 saturated carbocycles. The molecular formula is C24H20ClNO5. The van der Waals surface area contributed by atoms with Crippen LogP contribution in [0.25, 0.3) is 0 Å². The number of Topliss-reactive ketones (excluding diaryl/α,β-unsaturated/α-hetero) is 1. The van der Waals surface area contributed by atoms with Crippen molar-refractivity contribution in [2.75, 3.05) is 11.5 Å². The number of esters is 1. The van der Waals surface area contributed by atoms with E-state index in [-0.39, 0.29) is 35.0 Å². The lowest BCUT2D eigenvalue weighted by Gasteiger charge is -2.19. The molecule has 5 rings (SSSR count). The van der Waals surface area contributed by atoms with Crippen LogP contribution in [0.5, 0.6) is 0 Å². The van der Waals surface area contributed by atoms with Crippen molar-refractivity contribution in [3.63, 3.8) is 0 Å². The number of anilines is 1. The molecule has 158 valence electrons. The normalized spacial score (nSPS) is 26.3. The summed E-state index contributed by atoms with van der Waals surface area (Å²) >= 11 is 5.81. The quantitative estimate of drug-likeness (QED) is 0.402. The third-order valence-electron chi connectivity index (χ3n) is 6.77. The molecule has 2 amide bonds. The van der Waals surface area contributed by atoms with Crippen LogP contribution in [0.15, 0.2) is 48.5 Å². The van der Waals surface area contributed by atoms with Crippen LogP contribution in [0.3, 0.4) is 0 Å². The molecule has 0 aromatic heterocycles. The van der Waals surface area contributed by atoms with Gasteiger partial charge in [0.2, 0.25) is 11.8 Å². The molecule has 0 N–H and O–H groups in total. The average molecular weight is 438 g/mol. The first-order valence-electron chi connectivity index (χ1n) is 10.4. The molecule has 0 radical (unpaired) electrons. The van der Waals surface area contributed by atoms with E-state index in [0.717, 1.165) is 19.3 Å². The predicted molar refractivity (Wildman–Crippen MR) is 113 cm³/mol. The Labute approximate surface area is 184 Å². The number of hydrogen-bond acceptors (Lipinski definition) is 5. The Kier molecular flexibility index (Phi) is 4.89. The van der Waals surface area contributed by atoms with E-state index in [1.54, 1.807) is 36.4 Å². The molecule has 1 heterocycles. The molecule has 4 atom stereocenters. The fraction of sp³-hybridized carbons (Fsp3) is 0.333. The van der Waals surface area contributed by atoms with Crippen molar-refractivity contribution in [1.82, 2.24) is 0 Å². The van der Waals surface area contributed by atoms with E-state index >= 15 is 0 Å². The maximum atomic E-state index is 13.0. The van der Waals surface area contributed by atoms with Crippen molar-refractivity contribution >= 4 is 40.9 Å². The molecule has 1 saturated heterocycles. The van der Waals surface area contributed by atoms with Crippen molar-refractivity contribution in [2.45, 2.75) is 19.3 Å². The van der Waals surface area contributed by atoms with Crippen LogP contribution in [-0.4, -0.2) is 30.2 Å². The van der Waals surface area contributed by atoms with Crippen LogP contribution < -0.4 is 4.90 Å². The number of ketones is 1. The van der Waals surface area contributed by atoms with E-state index < -0.39 is 12.6 Å². The number of halogens is 1. The number of imide groups is 1. The Morgan fingerprint density at radius 3 is 2.23 bits per heavy atom. The van der Waals surface area contributed by atoms with E-state index in [2.05, 4.69) is 0 Å². The number of benzene rings is 2. The first-order valence-corrected chi connectivity index (χ1v) is 10.8. The third-order valence-corrected chi connectivity index (χ3v) is 7.02. The van der Waals surface area contributed by atoms with Crippen molar-refractivity contribution in [3.05, 3.63) is 64.7 Å². The molecule has 7 heteroatoms. The number of carbonyl (C=O) groups excluding carboxylic acids is 4. The van der Waals surface area contributed by atoms with Gasteiger partial charge in [-0.15, -0.1) is 0 Å². The van der Waals surface area contributed by atoms with Gasteiger partial charge in [0.15, 0.2) is 12.4 Å². The molecule has 3 fully saturated rings. The largest absolute Gasteiger partial charge is 0.454 e. The van der Waals surface area contributed by atoms with Crippen LogP contribution in [0.2, 0.25) is 5.02 Å². The van der Waals surface area contributed by atoms with Gasteiger partial charge in [-0.1, -0.05) is 17.7 Å². The smallest absolute Gasteiger partial charge is 0.338 e. The Hall–Kier alpha value is -2.99. The third kappa shape index (κ3) is 3.35. The molecule has 2 aromatic carbocycles. The Balaban J connectivity index is 1.29. The van der Waals surface area contributed by atoms with E-state index in [1.807, 2.05) is 0 Å². The van der Waals surface area contributed by atoms with E-state index in [0.29, 0.717) is 28.1 Å². The number of carbonyl (C=O) groups is 4. The molecule has 2 bridgehead atoms. The topological polar surface area (TPSA) is 80.8 Å². The molecule has 1 aliphatic heterocycles. The second-order valence-electron chi connectivity index (χ2n) is 8.45. The molecule has 31 heavy (non-hydrogen) atoms. The molecule has 2 aliphatic carbocycles. The van der Waals surface area contributed by atoms with Gasteiger partial charge in [-0.05, 0) is 73.6 Å². The highest BCUT2D eigenvalue weighted by Crippen LogP contribution is 2.56. The van der Waals surface area contributed by atoms with Gasteiger partial charge in [-0.25, -0.2) is 4.79 Å². The van der Waals surface area contributed by atoms with Gasteiger partial charge in [0, 0.05) is 10.6 Å². The summed E-state index contributed by atoms with van der Waals surface area (Å²) in [6.45, 7) is -0.417. The molecule has 3 aliphatic rings. The van der Waals surface area contributed by atoms with Gasteiger partial charge < -0.3 is 4.74 Å². The van der Waals surface area contributed by atoms with Crippen molar-refractivity contribution in [2.24, 2.45) is 23.7 Å². The van der Waals surface area contributed by atoms with Gasteiger partial charge in [0.05, 0.1) is 23.1 Å². The van der Waals surface area contributed by atoms with Gasteiger partial charge in [-0.3, -0.25) is 19.3 Å². The standard InChI is InChI=1S/C24H20ClNO5/c25-17-8-6-13(7-9-17)19(27)12-31-24(30)16-2-1-3-18(11-16)26-22(28)20-14-4-5-15(10-14)21(20)23(26)29/h1-3,6-9,11,14-15,20-21H,4-5,10,12H2/t14-,15-,20+,21+/m1/s1. The van der Waals surface area contributed by atoms with E-state index in [1.165, 1.54) is 17.0 Å². The van der Waals surface area contributed by atoms with Gasteiger partial charge in [0.25, 0.3) is 0 Å². The minimum atomic E-state index is -0.691. The highest BCUT2D eigenvalue weighted by molar-refractivity contribution is 6.30. The average Bonchev–Trinajstić information content (AvgIpc) is 3.46. The molecule has 6 nitrogen and oxygen atoms in total.